The van der Waals surface area contributed by atoms with Crippen LogP contribution in [0.1, 0.15) is 96.1 Å². The lowest BCUT2D eigenvalue weighted by Gasteiger charge is -2.33. The number of nitrogens with two attached hydrogens (primary N) is 2. The molecule has 1 saturated heterocycles. The molecule has 272 valence electrons. The van der Waals surface area contributed by atoms with E-state index in [0.717, 1.165) is 10.2 Å². The van der Waals surface area contributed by atoms with Gasteiger partial charge in [0, 0.05) is 12.8 Å². The van der Waals surface area contributed by atoms with Gasteiger partial charge in [-0.3, -0.25) is 24.0 Å². The maximum atomic E-state index is 14.0. The highest BCUT2D eigenvalue weighted by Gasteiger charge is 2.36. The molecule has 2 heterocycles. The summed E-state index contributed by atoms with van der Waals surface area (Å²) < 4.78 is 1.00. The van der Waals surface area contributed by atoms with Gasteiger partial charge < -0.3 is 38.1 Å². The molecule has 0 bridgehead atoms. The summed E-state index contributed by atoms with van der Waals surface area (Å²) in [7, 11) is 0. The van der Waals surface area contributed by atoms with Crippen molar-refractivity contribution in [2.75, 3.05) is 19.6 Å². The van der Waals surface area contributed by atoms with Crippen LogP contribution in [0.25, 0.3) is 10.2 Å². The number of carbonyl (C=O) groups excluding carboxylic acids is 5. The topological polar surface area (TPSA) is 210 Å². The second-order valence-electron chi connectivity index (χ2n) is 13.7. The van der Waals surface area contributed by atoms with Gasteiger partial charge in [-0.2, -0.15) is 0 Å². The van der Waals surface area contributed by atoms with E-state index < -0.39 is 47.8 Å². The molecule has 0 radical (unpaired) electrons. The second kappa shape index (κ2) is 19.5. The van der Waals surface area contributed by atoms with Crippen molar-refractivity contribution in [2.24, 2.45) is 23.3 Å². The lowest BCUT2D eigenvalue weighted by Crippen LogP contribution is -2.60. The number of carbonyl (C=O) groups is 5. The largest absolute Gasteiger partial charge is 0.368 e. The number of amides is 5. The lowest BCUT2D eigenvalue weighted by atomic mass is 9.89. The fourth-order valence-corrected chi connectivity index (χ4v) is 7.02. The Morgan fingerprint density at radius 3 is 2.20 bits per heavy atom. The maximum absolute atomic E-state index is 14.0. The molecule has 1 aliphatic rings. The van der Waals surface area contributed by atoms with Crippen molar-refractivity contribution in [3.05, 3.63) is 28.8 Å². The highest BCUT2D eigenvalue weighted by atomic mass is 32.1. The summed E-state index contributed by atoms with van der Waals surface area (Å²) in [6.45, 7) is 11.6. The zero-order chi connectivity index (χ0) is 36.1. The highest BCUT2D eigenvalue weighted by Crippen LogP contribution is 2.27. The Labute approximate surface area is 293 Å². The van der Waals surface area contributed by atoms with Gasteiger partial charge >= 0.3 is 0 Å². The van der Waals surface area contributed by atoms with Gasteiger partial charge in [0.15, 0.2) is 0 Å². The Morgan fingerprint density at radius 1 is 0.918 bits per heavy atom. The van der Waals surface area contributed by atoms with Crippen molar-refractivity contribution in [1.82, 2.24) is 31.6 Å². The predicted octanol–water partition coefficient (Wildman–Crippen LogP) is 1.97. The number of hydrogen-bond donors (Lipinski definition) is 7. The van der Waals surface area contributed by atoms with Gasteiger partial charge in [-0.05, 0) is 93.6 Å². The average molecular weight is 701 g/mol. The summed E-state index contributed by atoms with van der Waals surface area (Å²) in [6, 6.07) is 2.33. The highest BCUT2D eigenvalue weighted by molar-refractivity contribution is 7.18. The Kier molecular flexibility index (Phi) is 15.9. The van der Waals surface area contributed by atoms with E-state index in [0.29, 0.717) is 69.1 Å². The smallest absolute Gasteiger partial charge is 0.243 e. The Bertz CT molecular complexity index is 1420. The number of hydrogen-bond acceptors (Lipinski definition) is 9. The van der Waals surface area contributed by atoms with Crippen molar-refractivity contribution in [1.29, 1.82) is 0 Å². The maximum Gasteiger partial charge on any atom is 0.243 e. The summed E-state index contributed by atoms with van der Waals surface area (Å²) in [5, 5.41) is 15.4. The minimum Gasteiger partial charge on any atom is -0.368 e. The molecule has 13 nitrogen and oxygen atoms in total. The van der Waals surface area contributed by atoms with Crippen LogP contribution in [0.15, 0.2) is 18.2 Å². The number of piperidine rings is 1. The molecule has 2 aromatic rings. The van der Waals surface area contributed by atoms with Gasteiger partial charge in [-0.15, -0.1) is 11.3 Å². The van der Waals surface area contributed by atoms with Crippen LogP contribution in [0, 0.1) is 11.8 Å². The molecule has 3 rings (SSSR count). The second-order valence-corrected chi connectivity index (χ2v) is 14.8. The van der Waals surface area contributed by atoms with Crippen molar-refractivity contribution in [3.63, 3.8) is 0 Å². The first-order valence-electron chi connectivity index (χ1n) is 17.6. The quantitative estimate of drug-likeness (QED) is 0.108. The number of nitrogens with one attached hydrogen (secondary N) is 5. The number of benzene rings is 1. The molecule has 4 atom stereocenters. The first-order valence-corrected chi connectivity index (χ1v) is 18.4. The Balaban J connectivity index is 1.86. The number of fused-ring (bicyclic) bond motifs is 1. The number of unbranched alkanes of at least 4 members (excludes halogenated alkanes) is 1. The third-order valence-electron chi connectivity index (χ3n) is 8.86. The number of rotatable bonds is 19. The first kappa shape index (κ1) is 39.8. The summed E-state index contributed by atoms with van der Waals surface area (Å²) in [4.78, 5) is 70.9. The molecular formula is C35H56N8O5S. The van der Waals surface area contributed by atoms with Crippen molar-refractivity contribution in [2.45, 2.75) is 116 Å². The zero-order valence-electron chi connectivity index (χ0n) is 29.6. The average Bonchev–Trinajstić information content (AvgIpc) is 3.47. The van der Waals surface area contributed by atoms with Gasteiger partial charge in [0.2, 0.25) is 29.5 Å². The van der Waals surface area contributed by atoms with E-state index in [-0.39, 0.29) is 30.6 Å². The standard InChI is InChI=1S/C35H56N8O5S/c1-6-29(44)39-27(19-30-40-24-11-10-23(21(4)5)18-28(24)49-30)34(47)43-31(22-12-15-38-16-13-22)35(48)41-25(9-7-8-14-36)33(46)42-26(32(37)45)17-20(2)3/h10-11,18,20-22,25-27,31,38H,6-9,12-17,19,36H2,1-5H3,(H2,37,45)(H,39,44)(H,41,48)(H,42,46)(H,43,47)/t25-,26-,27-,31-/m0/s1. The summed E-state index contributed by atoms with van der Waals surface area (Å²) >= 11 is 1.48. The monoisotopic (exact) mass is 700 g/mol. The van der Waals surface area contributed by atoms with Crippen LogP contribution in [-0.2, 0) is 30.4 Å². The number of primary amides is 1. The summed E-state index contributed by atoms with van der Waals surface area (Å²) in [6.07, 6.45) is 3.45. The molecule has 1 aromatic heterocycles. The molecule has 14 heteroatoms. The van der Waals surface area contributed by atoms with E-state index in [1.165, 1.54) is 16.9 Å². The third-order valence-corrected chi connectivity index (χ3v) is 9.90. The van der Waals surface area contributed by atoms with Crippen molar-refractivity contribution < 1.29 is 24.0 Å². The van der Waals surface area contributed by atoms with Crippen LogP contribution in [-0.4, -0.2) is 78.3 Å². The molecule has 49 heavy (non-hydrogen) atoms. The van der Waals surface area contributed by atoms with Crippen LogP contribution in [0.2, 0.25) is 0 Å². The summed E-state index contributed by atoms with van der Waals surface area (Å²) in [5.41, 5.74) is 13.3. The molecule has 9 N–H and O–H groups in total. The number of nitrogens with zero attached hydrogens (tertiary/aromatic N) is 1. The normalized spacial score (nSPS) is 16.2. The SMILES string of the molecule is CCC(=O)N[C@@H](Cc1nc2ccc(C(C)C)cc2s1)C(=O)N[C@H](C(=O)N[C@@H](CCCCN)C(=O)N[C@@H](CC(C)C)C(N)=O)C1CCNCC1. The van der Waals surface area contributed by atoms with E-state index in [2.05, 4.69) is 46.5 Å². The zero-order valence-corrected chi connectivity index (χ0v) is 30.4. The van der Waals surface area contributed by atoms with Crippen LogP contribution >= 0.6 is 11.3 Å². The molecule has 0 saturated carbocycles. The van der Waals surface area contributed by atoms with Gasteiger partial charge in [0.25, 0.3) is 0 Å². The lowest BCUT2D eigenvalue weighted by molar-refractivity contribution is -0.135. The minimum atomic E-state index is -0.969. The van der Waals surface area contributed by atoms with Gasteiger partial charge in [0.1, 0.15) is 24.2 Å². The minimum absolute atomic E-state index is 0.101. The van der Waals surface area contributed by atoms with E-state index in [4.69, 9.17) is 16.5 Å². The first-order chi connectivity index (χ1) is 23.3. The van der Waals surface area contributed by atoms with Crippen LogP contribution < -0.4 is 38.1 Å². The number of thiazole rings is 1. The fourth-order valence-electron chi connectivity index (χ4n) is 5.96. The van der Waals surface area contributed by atoms with Crippen LogP contribution in [0.3, 0.4) is 0 Å². The van der Waals surface area contributed by atoms with E-state index in [9.17, 15) is 24.0 Å². The summed E-state index contributed by atoms with van der Waals surface area (Å²) in [5.74, 6) is -2.23. The number of aromatic nitrogens is 1. The molecule has 0 unspecified atom stereocenters. The third kappa shape index (κ3) is 12.3. The molecule has 1 aliphatic heterocycles. The van der Waals surface area contributed by atoms with Gasteiger partial charge in [0.05, 0.1) is 15.2 Å². The van der Waals surface area contributed by atoms with E-state index in [1.807, 2.05) is 26.0 Å². The van der Waals surface area contributed by atoms with Crippen LogP contribution in [0.5, 0.6) is 0 Å². The van der Waals surface area contributed by atoms with Gasteiger partial charge in [-0.1, -0.05) is 40.7 Å². The fraction of sp³-hybridized carbons (Fsp3) is 0.657. The molecule has 5 amide bonds. The predicted molar refractivity (Wildman–Crippen MR) is 193 cm³/mol. The van der Waals surface area contributed by atoms with Crippen molar-refractivity contribution >= 4 is 51.1 Å². The molecular weight excluding hydrogens is 645 g/mol. The van der Waals surface area contributed by atoms with Gasteiger partial charge in [-0.25, -0.2) is 4.98 Å². The molecule has 0 aliphatic carbocycles. The molecule has 1 aromatic carbocycles. The van der Waals surface area contributed by atoms with Crippen LogP contribution in [0.4, 0.5) is 0 Å². The molecule has 0 spiro atoms. The Hall–Kier alpha value is -3.62. The van der Waals surface area contributed by atoms with E-state index in [1.54, 1.807) is 6.92 Å². The van der Waals surface area contributed by atoms with Crippen molar-refractivity contribution in [3.8, 4) is 0 Å². The van der Waals surface area contributed by atoms with E-state index >= 15 is 0 Å². The molecule has 1 fully saturated rings. The Morgan fingerprint density at radius 2 is 1.59 bits per heavy atom.